The Balaban J connectivity index is 2.19. The lowest BCUT2D eigenvalue weighted by atomic mass is 10.1. The van der Waals surface area contributed by atoms with E-state index in [-0.39, 0.29) is 5.91 Å². The van der Waals surface area contributed by atoms with E-state index in [4.69, 9.17) is 0 Å². The van der Waals surface area contributed by atoms with Gasteiger partial charge in [-0.1, -0.05) is 17.2 Å². The SMILES string of the molecule is Cc1cc(C)cc(C(=O)Nc2ccn(C)n2)c1. The third kappa shape index (κ3) is 2.72. The molecule has 1 aromatic heterocycles. The molecule has 0 aliphatic rings. The van der Waals surface area contributed by atoms with Gasteiger partial charge in [-0.05, 0) is 26.0 Å². The van der Waals surface area contributed by atoms with Crippen molar-refractivity contribution < 1.29 is 4.79 Å². The van der Waals surface area contributed by atoms with Gasteiger partial charge in [0.05, 0.1) is 0 Å². The predicted octanol–water partition coefficient (Wildman–Crippen LogP) is 2.29. The zero-order chi connectivity index (χ0) is 12.4. The van der Waals surface area contributed by atoms with E-state index in [9.17, 15) is 4.79 Å². The van der Waals surface area contributed by atoms with Crippen LogP contribution in [0.4, 0.5) is 5.82 Å². The Hall–Kier alpha value is -2.10. The van der Waals surface area contributed by atoms with Gasteiger partial charge in [0, 0.05) is 24.9 Å². The van der Waals surface area contributed by atoms with Crippen molar-refractivity contribution in [1.29, 1.82) is 0 Å². The number of anilines is 1. The molecule has 17 heavy (non-hydrogen) atoms. The van der Waals surface area contributed by atoms with Crippen LogP contribution in [-0.2, 0) is 7.05 Å². The predicted molar refractivity (Wildman–Crippen MR) is 67.1 cm³/mol. The monoisotopic (exact) mass is 229 g/mol. The summed E-state index contributed by atoms with van der Waals surface area (Å²) < 4.78 is 1.65. The summed E-state index contributed by atoms with van der Waals surface area (Å²) in [4.78, 5) is 12.0. The van der Waals surface area contributed by atoms with Crippen molar-refractivity contribution in [3.05, 3.63) is 47.2 Å². The van der Waals surface area contributed by atoms with Gasteiger partial charge in [-0.15, -0.1) is 0 Å². The Labute approximate surface area is 100 Å². The summed E-state index contributed by atoms with van der Waals surface area (Å²) in [6.07, 6.45) is 1.79. The molecule has 0 fully saturated rings. The first-order valence-electron chi connectivity index (χ1n) is 5.44. The first-order chi connectivity index (χ1) is 8.04. The van der Waals surface area contributed by atoms with E-state index in [0.717, 1.165) is 11.1 Å². The number of aryl methyl sites for hydroxylation is 3. The second-order valence-corrected chi connectivity index (χ2v) is 4.21. The molecule has 0 unspecified atom stereocenters. The fraction of sp³-hybridized carbons (Fsp3) is 0.231. The summed E-state index contributed by atoms with van der Waals surface area (Å²) in [6.45, 7) is 3.95. The average molecular weight is 229 g/mol. The lowest BCUT2D eigenvalue weighted by Gasteiger charge is -2.04. The van der Waals surface area contributed by atoms with E-state index in [1.54, 1.807) is 16.9 Å². The van der Waals surface area contributed by atoms with Gasteiger partial charge in [-0.25, -0.2) is 0 Å². The van der Waals surface area contributed by atoms with Crippen molar-refractivity contribution in [3.8, 4) is 0 Å². The van der Waals surface area contributed by atoms with Gasteiger partial charge in [0.15, 0.2) is 5.82 Å². The number of carbonyl (C=O) groups excluding carboxylic acids is 1. The van der Waals surface area contributed by atoms with Gasteiger partial charge in [0.2, 0.25) is 0 Å². The molecule has 0 aliphatic carbocycles. The number of hydrogen-bond donors (Lipinski definition) is 1. The summed E-state index contributed by atoms with van der Waals surface area (Å²) in [5, 5.41) is 6.87. The van der Waals surface area contributed by atoms with Crippen LogP contribution in [0.2, 0.25) is 0 Å². The minimum Gasteiger partial charge on any atom is -0.305 e. The van der Waals surface area contributed by atoms with Gasteiger partial charge in [0.1, 0.15) is 0 Å². The van der Waals surface area contributed by atoms with Crippen LogP contribution in [0.5, 0.6) is 0 Å². The van der Waals surface area contributed by atoms with Gasteiger partial charge in [0.25, 0.3) is 5.91 Å². The molecule has 2 aromatic rings. The van der Waals surface area contributed by atoms with Crippen LogP contribution < -0.4 is 5.32 Å². The maximum Gasteiger partial charge on any atom is 0.256 e. The Morgan fingerprint density at radius 2 is 1.88 bits per heavy atom. The number of benzene rings is 1. The fourth-order valence-electron chi connectivity index (χ4n) is 1.78. The van der Waals surface area contributed by atoms with Crippen LogP contribution in [0.3, 0.4) is 0 Å². The lowest BCUT2D eigenvalue weighted by Crippen LogP contribution is -2.13. The van der Waals surface area contributed by atoms with Gasteiger partial charge in [-0.2, -0.15) is 5.10 Å². The fourth-order valence-corrected chi connectivity index (χ4v) is 1.78. The Bertz CT molecular complexity index is 537. The number of hydrogen-bond acceptors (Lipinski definition) is 2. The molecule has 88 valence electrons. The van der Waals surface area contributed by atoms with Gasteiger partial charge >= 0.3 is 0 Å². The maximum atomic E-state index is 12.0. The second-order valence-electron chi connectivity index (χ2n) is 4.21. The molecule has 0 atom stereocenters. The topological polar surface area (TPSA) is 46.9 Å². The Morgan fingerprint density at radius 3 is 2.41 bits per heavy atom. The highest BCUT2D eigenvalue weighted by Gasteiger charge is 2.08. The Morgan fingerprint density at radius 1 is 1.24 bits per heavy atom. The number of nitrogens with one attached hydrogen (secondary N) is 1. The number of nitrogens with zero attached hydrogens (tertiary/aromatic N) is 2. The molecular weight excluding hydrogens is 214 g/mol. The first-order valence-corrected chi connectivity index (χ1v) is 5.44. The van der Waals surface area contributed by atoms with Crippen LogP contribution in [0.15, 0.2) is 30.5 Å². The number of carbonyl (C=O) groups is 1. The minimum atomic E-state index is -0.129. The molecule has 0 bridgehead atoms. The molecule has 0 spiro atoms. The smallest absolute Gasteiger partial charge is 0.256 e. The standard InChI is InChI=1S/C13H15N3O/c1-9-6-10(2)8-11(7-9)13(17)14-12-4-5-16(3)15-12/h4-8H,1-3H3,(H,14,15,17). The largest absolute Gasteiger partial charge is 0.305 e. The summed E-state index contributed by atoms with van der Waals surface area (Å²) in [5.41, 5.74) is 2.82. The molecular formula is C13H15N3O. The van der Waals surface area contributed by atoms with Crippen LogP contribution in [0.1, 0.15) is 21.5 Å². The number of rotatable bonds is 2. The van der Waals surface area contributed by atoms with Crippen LogP contribution in [0, 0.1) is 13.8 Å². The van der Waals surface area contributed by atoms with Crippen LogP contribution >= 0.6 is 0 Å². The summed E-state index contributed by atoms with van der Waals surface area (Å²) >= 11 is 0. The summed E-state index contributed by atoms with van der Waals surface area (Å²) in [5.74, 6) is 0.437. The molecule has 1 amide bonds. The molecule has 2 rings (SSSR count). The van der Waals surface area contributed by atoms with Crippen molar-refractivity contribution >= 4 is 11.7 Å². The number of aromatic nitrogens is 2. The molecule has 1 heterocycles. The van der Waals surface area contributed by atoms with E-state index in [2.05, 4.69) is 10.4 Å². The molecule has 1 N–H and O–H groups in total. The van der Waals surface area contributed by atoms with Crippen molar-refractivity contribution in [2.24, 2.45) is 7.05 Å². The highest BCUT2D eigenvalue weighted by atomic mass is 16.1. The molecule has 0 saturated carbocycles. The normalized spacial score (nSPS) is 10.3. The molecule has 0 saturated heterocycles. The van der Waals surface area contributed by atoms with E-state index < -0.39 is 0 Å². The zero-order valence-corrected chi connectivity index (χ0v) is 10.2. The van der Waals surface area contributed by atoms with Gasteiger partial charge in [-0.3, -0.25) is 9.48 Å². The van der Waals surface area contributed by atoms with E-state index >= 15 is 0 Å². The van der Waals surface area contributed by atoms with Crippen LogP contribution in [-0.4, -0.2) is 15.7 Å². The maximum absolute atomic E-state index is 12.0. The molecule has 1 aromatic carbocycles. The third-order valence-corrected chi connectivity index (χ3v) is 2.44. The molecule has 4 nitrogen and oxygen atoms in total. The number of amides is 1. The average Bonchev–Trinajstić information content (AvgIpc) is 2.62. The molecule has 4 heteroatoms. The summed E-state index contributed by atoms with van der Waals surface area (Å²) in [6, 6.07) is 7.54. The lowest BCUT2D eigenvalue weighted by molar-refractivity contribution is 0.102. The Kier molecular flexibility index (Phi) is 2.95. The van der Waals surface area contributed by atoms with Crippen molar-refractivity contribution in [1.82, 2.24) is 9.78 Å². The molecule has 0 aliphatic heterocycles. The molecule has 0 radical (unpaired) electrons. The summed E-state index contributed by atoms with van der Waals surface area (Å²) in [7, 11) is 1.81. The highest BCUT2D eigenvalue weighted by Crippen LogP contribution is 2.11. The van der Waals surface area contributed by atoms with E-state index in [1.807, 2.05) is 39.1 Å². The zero-order valence-electron chi connectivity index (χ0n) is 10.2. The third-order valence-electron chi connectivity index (χ3n) is 2.44. The van der Waals surface area contributed by atoms with Crippen molar-refractivity contribution in [3.63, 3.8) is 0 Å². The van der Waals surface area contributed by atoms with Crippen LogP contribution in [0.25, 0.3) is 0 Å². The minimum absolute atomic E-state index is 0.129. The first kappa shape index (κ1) is 11.4. The quantitative estimate of drug-likeness (QED) is 0.858. The van der Waals surface area contributed by atoms with Gasteiger partial charge < -0.3 is 5.32 Å². The van der Waals surface area contributed by atoms with Crippen molar-refractivity contribution in [2.75, 3.05) is 5.32 Å². The van der Waals surface area contributed by atoms with E-state index in [0.29, 0.717) is 11.4 Å². The highest BCUT2D eigenvalue weighted by molar-refractivity contribution is 6.03. The van der Waals surface area contributed by atoms with Crippen molar-refractivity contribution in [2.45, 2.75) is 13.8 Å². The second kappa shape index (κ2) is 4.41. The van der Waals surface area contributed by atoms with E-state index in [1.165, 1.54) is 0 Å².